The average molecular weight is 276 g/mol. The summed E-state index contributed by atoms with van der Waals surface area (Å²) >= 11 is 0. The van der Waals surface area contributed by atoms with E-state index in [9.17, 15) is 8.42 Å². The smallest absolute Gasteiger partial charge is 0.211 e. The van der Waals surface area contributed by atoms with Gasteiger partial charge < -0.3 is 5.32 Å². The van der Waals surface area contributed by atoms with Gasteiger partial charge in [-0.3, -0.25) is 0 Å². The summed E-state index contributed by atoms with van der Waals surface area (Å²) < 4.78 is 26.0. The molecule has 0 spiro atoms. The number of hydrogen-bond donors (Lipinski definition) is 2. The molecule has 0 aromatic carbocycles. The van der Waals surface area contributed by atoms with Crippen LogP contribution in [0.1, 0.15) is 51.9 Å². The van der Waals surface area contributed by atoms with Crippen LogP contribution in [0.15, 0.2) is 0 Å². The summed E-state index contributed by atoms with van der Waals surface area (Å²) in [5.74, 6) is 1.16. The van der Waals surface area contributed by atoms with Crippen LogP contribution in [0, 0.1) is 5.92 Å². The van der Waals surface area contributed by atoms with Gasteiger partial charge in [0.2, 0.25) is 10.0 Å². The molecular weight excluding hydrogens is 248 g/mol. The van der Waals surface area contributed by atoms with Crippen LogP contribution in [0.5, 0.6) is 0 Å². The first-order chi connectivity index (χ1) is 8.64. The van der Waals surface area contributed by atoms with Crippen LogP contribution in [0.4, 0.5) is 0 Å². The van der Waals surface area contributed by atoms with Crippen molar-refractivity contribution in [2.24, 2.45) is 5.92 Å². The molecule has 1 rings (SSSR count). The Kier molecular flexibility index (Phi) is 7.86. The SMILES string of the molecule is CCCNCCCCS(=O)(=O)NCCCC1CC1. The lowest BCUT2D eigenvalue weighted by atomic mass is 10.2. The zero-order chi connectivity index (χ0) is 13.3. The van der Waals surface area contributed by atoms with Gasteiger partial charge in [0.05, 0.1) is 5.75 Å². The minimum Gasteiger partial charge on any atom is -0.317 e. The van der Waals surface area contributed by atoms with E-state index in [2.05, 4.69) is 17.0 Å². The Morgan fingerprint density at radius 3 is 2.50 bits per heavy atom. The van der Waals surface area contributed by atoms with Crippen LogP contribution in [0.25, 0.3) is 0 Å². The quantitative estimate of drug-likeness (QED) is 0.535. The lowest BCUT2D eigenvalue weighted by molar-refractivity contribution is 0.565. The number of sulfonamides is 1. The highest BCUT2D eigenvalue weighted by Gasteiger charge is 2.20. The second-order valence-electron chi connectivity index (χ2n) is 5.26. The van der Waals surface area contributed by atoms with Crippen molar-refractivity contribution in [1.29, 1.82) is 0 Å². The predicted molar refractivity (Wildman–Crippen MR) is 76.1 cm³/mol. The van der Waals surface area contributed by atoms with Gasteiger partial charge in [-0.15, -0.1) is 0 Å². The number of rotatable bonds is 12. The summed E-state index contributed by atoms with van der Waals surface area (Å²) in [7, 11) is -3.03. The normalized spacial score (nSPS) is 16.1. The van der Waals surface area contributed by atoms with Gasteiger partial charge in [-0.2, -0.15) is 0 Å². The molecule has 1 fully saturated rings. The molecule has 0 amide bonds. The number of unbranched alkanes of at least 4 members (excludes halogenated alkanes) is 1. The molecule has 1 saturated carbocycles. The highest BCUT2D eigenvalue weighted by atomic mass is 32.2. The summed E-state index contributed by atoms with van der Waals surface area (Å²) in [6.07, 6.45) is 7.67. The molecule has 2 N–H and O–H groups in total. The molecule has 0 aliphatic heterocycles. The molecule has 5 heteroatoms. The summed E-state index contributed by atoms with van der Waals surface area (Å²) in [4.78, 5) is 0. The fourth-order valence-corrected chi connectivity index (χ4v) is 3.12. The second-order valence-corrected chi connectivity index (χ2v) is 7.18. The molecule has 108 valence electrons. The largest absolute Gasteiger partial charge is 0.317 e. The van der Waals surface area contributed by atoms with E-state index in [4.69, 9.17) is 0 Å². The Morgan fingerprint density at radius 1 is 1.06 bits per heavy atom. The van der Waals surface area contributed by atoms with E-state index < -0.39 is 10.0 Å². The van der Waals surface area contributed by atoms with E-state index in [1.54, 1.807) is 0 Å². The molecule has 4 nitrogen and oxygen atoms in total. The van der Waals surface area contributed by atoms with Gasteiger partial charge in [-0.1, -0.05) is 19.8 Å². The molecule has 0 unspecified atom stereocenters. The zero-order valence-corrected chi connectivity index (χ0v) is 12.4. The van der Waals surface area contributed by atoms with Crippen molar-refractivity contribution >= 4 is 10.0 Å². The monoisotopic (exact) mass is 276 g/mol. The van der Waals surface area contributed by atoms with Crippen LogP contribution < -0.4 is 10.0 Å². The summed E-state index contributed by atoms with van der Waals surface area (Å²) in [6.45, 7) is 4.69. The predicted octanol–water partition coefficient (Wildman–Crippen LogP) is 1.88. The summed E-state index contributed by atoms with van der Waals surface area (Å²) in [6, 6.07) is 0. The van der Waals surface area contributed by atoms with Crippen molar-refractivity contribution < 1.29 is 8.42 Å². The fourth-order valence-electron chi connectivity index (χ4n) is 1.94. The first-order valence-corrected chi connectivity index (χ1v) is 8.97. The van der Waals surface area contributed by atoms with E-state index in [1.165, 1.54) is 19.3 Å². The van der Waals surface area contributed by atoms with Gasteiger partial charge >= 0.3 is 0 Å². The minimum absolute atomic E-state index is 0.268. The first-order valence-electron chi connectivity index (χ1n) is 7.32. The van der Waals surface area contributed by atoms with Crippen molar-refractivity contribution in [3.8, 4) is 0 Å². The molecular formula is C13H28N2O2S. The third-order valence-corrected chi connectivity index (χ3v) is 4.72. The maximum atomic E-state index is 11.6. The molecule has 1 aliphatic carbocycles. The van der Waals surface area contributed by atoms with Crippen LogP contribution >= 0.6 is 0 Å². The van der Waals surface area contributed by atoms with Crippen molar-refractivity contribution in [2.75, 3.05) is 25.4 Å². The van der Waals surface area contributed by atoms with Gasteiger partial charge in [0.1, 0.15) is 0 Å². The van der Waals surface area contributed by atoms with Crippen molar-refractivity contribution in [1.82, 2.24) is 10.0 Å². The Balaban J connectivity index is 1.93. The minimum atomic E-state index is -3.03. The van der Waals surface area contributed by atoms with Crippen molar-refractivity contribution in [2.45, 2.75) is 51.9 Å². The summed E-state index contributed by atoms with van der Waals surface area (Å²) in [5, 5.41) is 3.28. The van der Waals surface area contributed by atoms with Crippen LogP contribution in [0.3, 0.4) is 0 Å². The standard InChI is InChI=1S/C13H28N2O2S/c1-2-9-14-10-3-4-12-18(16,17)15-11-5-6-13-7-8-13/h13-15H,2-12H2,1H3. The lowest BCUT2D eigenvalue weighted by Crippen LogP contribution is -2.28. The molecule has 0 bridgehead atoms. The molecule has 0 heterocycles. The number of nitrogens with one attached hydrogen (secondary N) is 2. The molecule has 0 atom stereocenters. The third kappa shape index (κ3) is 8.89. The Hall–Kier alpha value is -0.130. The Bertz CT molecular complexity index is 300. The van der Waals surface area contributed by atoms with E-state index in [1.807, 2.05) is 0 Å². The molecule has 1 aliphatic rings. The van der Waals surface area contributed by atoms with Gasteiger partial charge in [-0.25, -0.2) is 13.1 Å². The van der Waals surface area contributed by atoms with Crippen LogP contribution in [-0.4, -0.2) is 33.8 Å². The zero-order valence-electron chi connectivity index (χ0n) is 11.6. The van der Waals surface area contributed by atoms with Crippen LogP contribution in [-0.2, 0) is 10.0 Å². The van der Waals surface area contributed by atoms with Crippen LogP contribution in [0.2, 0.25) is 0 Å². The van der Waals surface area contributed by atoms with E-state index in [0.29, 0.717) is 6.54 Å². The topological polar surface area (TPSA) is 58.2 Å². The molecule has 0 aromatic rings. The maximum absolute atomic E-state index is 11.6. The van der Waals surface area contributed by atoms with Crippen molar-refractivity contribution in [3.05, 3.63) is 0 Å². The lowest BCUT2D eigenvalue weighted by Gasteiger charge is -2.07. The maximum Gasteiger partial charge on any atom is 0.211 e. The van der Waals surface area contributed by atoms with Gasteiger partial charge in [-0.05, 0) is 51.1 Å². The number of hydrogen-bond acceptors (Lipinski definition) is 3. The second kappa shape index (κ2) is 8.88. The summed E-state index contributed by atoms with van der Waals surface area (Å²) in [5.41, 5.74) is 0. The van der Waals surface area contributed by atoms with E-state index >= 15 is 0 Å². The highest BCUT2D eigenvalue weighted by Crippen LogP contribution is 2.33. The molecule has 18 heavy (non-hydrogen) atoms. The third-order valence-electron chi connectivity index (χ3n) is 3.25. The highest BCUT2D eigenvalue weighted by molar-refractivity contribution is 7.89. The average Bonchev–Trinajstić information content (AvgIpc) is 3.13. The fraction of sp³-hybridized carbons (Fsp3) is 1.00. The van der Waals surface area contributed by atoms with E-state index in [0.717, 1.165) is 44.7 Å². The van der Waals surface area contributed by atoms with E-state index in [-0.39, 0.29) is 5.75 Å². The van der Waals surface area contributed by atoms with Gasteiger partial charge in [0.15, 0.2) is 0 Å². The van der Waals surface area contributed by atoms with Crippen molar-refractivity contribution in [3.63, 3.8) is 0 Å². The molecule has 0 radical (unpaired) electrons. The Morgan fingerprint density at radius 2 is 1.83 bits per heavy atom. The molecule has 0 aromatic heterocycles. The first kappa shape index (κ1) is 15.9. The molecule has 0 saturated heterocycles. The van der Waals surface area contributed by atoms with Gasteiger partial charge in [0, 0.05) is 6.54 Å². The van der Waals surface area contributed by atoms with Gasteiger partial charge in [0.25, 0.3) is 0 Å². The Labute approximate surface area is 112 Å².